The van der Waals surface area contributed by atoms with Crippen LogP contribution in [0.4, 0.5) is 19.4 Å². The van der Waals surface area contributed by atoms with Gasteiger partial charge in [0.25, 0.3) is 5.91 Å². The zero-order valence-corrected chi connectivity index (χ0v) is 15.2. The maximum absolute atomic E-state index is 14.5. The lowest BCUT2D eigenvalue weighted by Gasteiger charge is -2.39. The number of benzene rings is 1. The van der Waals surface area contributed by atoms with E-state index in [9.17, 15) is 18.4 Å². The van der Waals surface area contributed by atoms with Crippen molar-refractivity contribution in [2.24, 2.45) is 0 Å². The summed E-state index contributed by atoms with van der Waals surface area (Å²) in [6.45, 7) is 3.20. The number of amides is 3. The molecule has 0 fully saturated rings. The number of likely N-dealkylation sites (N-methyl/N-ethyl adjacent to an activating group) is 1. The second-order valence-corrected chi connectivity index (χ2v) is 6.27. The van der Waals surface area contributed by atoms with Crippen LogP contribution in [0.25, 0.3) is 0 Å². The van der Waals surface area contributed by atoms with Gasteiger partial charge in [0.15, 0.2) is 5.82 Å². The van der Waals surface area contributed by atoms with Crippen molar-refractivity contribution in [3.63, 3.8) is 0 Å². The van der Waals surface area contributed by atoms with Crippen molar-refractivity contribution >= 4 is 17.8 Å². The summed E-state index contributed by atoms with van der Waals surface area (Å²) >= 11 is 0. The highest BCUT2D eigenvalue weighted by Gasteiger charge is 2.41. The van der Waals surface area contributed by atoms with Crippen molar-refractivity contribution < 1.29 is 22.9 Å². The molecule has 0 radical (unpaired) electrons. The van der Waals surface area contributed by atoms with Gasteiger partial charge in [-0.15, -0.1) is 0 Å². The Bertz CT molecular complexity index is 934. The molecule has 1 aliphatic rings. The summed E-state index contributed by atoms with van der Waals surface area (Å²) < 4.78 is 33.8. The SMILES string of the molecule is CC1=C(C(=O)Nc2cc(C)on2)[C@H](c2c(F)cccc2F)N(C)C(=O)N1C. The summed E-state index contributed by atoms with van der Waals surface area (Å²) in [5.41, 5.74) is -0.0602. The maximum Gasteiger partial charge on any atom is 0.324 e. The molecule has 27 heavy (non-hydrogen) atoms. The zero-order valence-electron chi connectivity index (χ0n) is 15.2. The van der Waals surface area contributed by atoms with E-state index in [-0.39, 0.29) is 22.7 Å². The van der Waals surface area contributed by atoms with Gasteiger partial charge in [-0.25, -0.2) is 13.6 Å². The third-order valence-corrected chi connectivity index (χ3v) is 4.53. The highest BCUT2D eigenvalue weighted by Crippen LogP contribution is 2.38. The smallest absolute Gasteiger partial charge is 0.324 e. The molecule has 0 saturated heterocycles. The van der Waals surface area contributed by atoms with Gasteiger partial charge < -0.3 is 19.6 Å². The number of rotatable bonds is 3. The molecule has 0 bridgehead atoms. The Balaban J connectivity index is 2.13. The van der Waals surface area contributed by atoms with Gasteiger partial charge in [0.05, 0.1) is 17.2 Å². The zero-order chi connectivity index (χ0) is 19.9. The van der Waals surface area contributed by atoms with E-state index in [4.69, 9.17) is 4.52 Å². The second kappa shape index (κ2) is 6.82. The molecule has 1 atom stereocenters. The lowest BCUT2D eigenvalue weighted by Crippen LogP contribution is -2.48. The van der Waals surface area contributed by atoms with Crippen molar-refractivity contribution in [3.8, 4) is 0 Å². The van der Waals surface area contributed by atoms with E-state index in [0.717, 1.165) is 17.0 Å². The molecule has 1 aromatic heterocycles. The van der Waals surface area contributed by atoms with Gasteiger partial charge >= 0.3 is 6.03 Å². The number of halogens is 2. The van der Waals surface area contributed by atoms with Crippen LogP contribution in [-0.4, -0.2) is 41.0 Å². The molecule has 2 heterocycles. The Morgan fingerprint density at radius 3 is 2.41 bits per heavy atom. The fraction of sp³-hybridized carbons (Fsp3) is 0.278. The van der Waals surface area contributed by atoms with Crippen molar-refractivity contribution in [1.82, 2.24) is 15.0 Å². The minimum Gasteiger partial charge on any atom is -0.360 e. The van der Waals surface area contributed by atoms with Crippen LogP contribution in [0.1, 0.15) is 24.3 Å². The third kappa shape index (κ3) is 3.16. The summed E-state index contributed by atoms with van der Waals surface area (Å²) in [5.74, 6) is -1.69. The topological polar surface area (TPSA) is 78.7 Å². The van der Waals surface area contributed by atoms with Crippen LogP contribution in [0.5, 0.6) is 0 Å². The minimum absolute atomic E-state index is 0.0317. The number of aromatic nitrogens is 1. The molecule has 3 rings (SSSR count). The average molecular weight is 376 g/mol. The molecule has 0 spiro atoms. The standard InChI is InChI=1S/C18H18F2N4O3/c1-9-8-13(22-27-9)21-17(25)14-10(2)23(3)18(26)24(4)16(14)15-11(19)6-5-7-12(15)20/h5-8,16H,1-4H3,(H,21,22,25)/t16-/m1/s1. The molecule has 0 unspecified atom stereocenters. The molecular weight excluding hydrogens is 358 g/mol. The van der Waals surface area contributed by atoms with Gasteiger partial charge in [-0.2, -0.15) is 0 Å². The van der Waals surface area contributed by atoms with Crippen LogP contribution in [0, 0.1) is 18.6 Å². The Morgan fingerprint density at radius 2 is 1.85 bits per heavy atom. The quantitative estimate of drug-likeness (QED) is 0.892. The van der Waals surface area contributed by atoms with Crippen molar-refractivity contribution in [2.45, 2.75) is 19.9 Å². The Kier molecular flexibility index (Phi) is 4.69. The summed E-state index contributed by atoms with van der Waals surface area (Å²) in [6, 6.07) is 3.17. The van der Waals surface area contributed by atoms with Crippen LogP contribution in [0.15, 0.2) is 40.1 Å². The number of allylic oxidation sites excluding steroid dienone is 1. The van der Waals surface area contributed by atoms with E-state index in [0.29, 0.717) is 5.76 Å². The van der Waals surface area contributed by atoms with Crippen molar-refractivity contribution in [1.29, 1.82) is 0 Å². The van der Waals surface area contributed by atoms with Crippen molar-refractivity contribution in [2.75, 3.05) is 19.4 Å². The minimum atomic E-state index is -1.23. The third-order valence-electron chi connectivity index (χ3n) is 4.53. The van der Waals surface area contributed by atoms with Crippen LogP contribution < -0.4 is 5.32 Å². The van der Waals surface area contributed by atoms with Gasteiger partial charge in [0.2, 0.25) is 0 Å². The Labute approximate surface area is 154 Å². The number of carbonyl (C=O) groups is 2. The number of anilines is 1. The van der Waals surface area contributed by atoms with Crippen molar-refractivity contribution in [3.05, 3.63) is 58.5 Å². The first-order valence-corrected chi connectivity index (χ1v) is 8.12. The molecule has 0 saturated carbocycles. The molecule has 142 valence electrons. The molecular formula is C18H18F2N4O3. The van der Waals surface area contributed by atoms with E-state index in [1.54, 1.807) is 13.8 Å². The summed E-state index contributed by atoms with van der Waals surface area (Å²) in [4.78, 5) is 27.8. The van der Waals surface area contributed by atoms with E-state index in [2.05, 4.69) is 10.5 Å². The van der Waals surface area contributed by atoms with E-state index >= 15 is 0 Å². The first-order valence-electron chi connectivity index (χ1n) is 8.12. The number of urea groups is 1. The fourth-order valence-corrected chi connectivity index (χ4v) is 3.07. The van der Waals surface area contributed by atoms with Crippen LogP contribution >= 0.6 is 0 Å². The molecule has 1 aromatic carbocycles. The molecule has 0 aliphatic carbocycles. The fourth-order valence-electron chi connectivity index (χ4n) is 3.07. The summed E-state index contributed by atoms with van der Waals surface area (Å²) in [6.07, 6.45) is 0. The van der Waals surface area contributed by atoms with Gasteiger partial charge in [0.1, 0.15) is 17.4 Å². The number of hydrogen-bond acceptors (Lipinski definition) is 4. The number of hydrogen-bond donors (Lipinski definition) is 1. The predicted octanol–water partition coefficient (Wildman–Crippen LogP) is 3.21. The van der Waals surface area contributed by atoms with Gasteiger partial charge in [-0.05, 0) is 26.0 Å². The predicted molar refractivity (Wildman–Crippen MR) is 92.6 cm³/mol. The second-order valence-electron chi connectivity index (χ2n) is 6.27. The maximum atomic E-state index is 14.5. The average Bonchev–Trinajstić information content (AvgIpc) is 3.02. The van der Waals surface area contributed by atoms with Crippen LogP contribution in [-0.2, 0) is 4.79 Å². The molecule has 2 aromatic rings. The largest absolute Gasteiger partial charge is 0.360 e. The first kappa shape index (κ1) is 18.6. The normalized spacial score (nSPS) is 17.6. The summed E-state index contributed by atoms with van der Waals surface area (Å²) in [5, 5.41) is 6.24. The number of aryl methyl sites for hydroxylation is 1. The highest BCUT2D eigenvalue weighted by molar-refractivity contribution is 6.06. The lowest BCUT2D eigenvalue weighted by molar-refractivity contribution is -0.113. The molecule has 1 N–H and O–H groups in total. The lowest BCUT2D eigenvalue weighted by atomic mass is 9.92. The van der Waals surface area contributed by atoms with Gasteiger partial charge in [-0.3, -0.25) is 4.79 Å². The molecule has 3 amide bonds. The number of nitrogens with one attached hydrogen (secondary N) is 1. The monoisotopic (exact) mass is 376 g/mol. The Morgan fingerprint density at radius 1 is 1.22 bits per heavy atom. The molecule has 7 nitrogen and oxygen atoms in total. The highest BCUT2D eigenvalue weighted by atomic mass is 19.1. The van der Waals surface area contributed by atoms with Gasteiger partial charge in [-0.1, -0.05) is 11.2 Å². The van der Waals surface area contributed by atoms with E-state index < -0.39 is 29.6 Å². The summed E-state index contributed by atoms with van der Waals surface area (Å²) in [7, 11) is 2.87. The Hall–Kier alpha value is -3.23. The number of nitrogens with zero attached hydrogens (tertiary/aromatic N) is 3. The van der Waals surface area contributed by atoms with E-state index in [1.165, 1.54) is 31.1 Å². The molecule has 9 heteroatoms. The first-order chi connectivity index (χ1) is 12.7. The van der Waals surface area contributed by atoms with E-state index in [1.807, 2.05) is 0 Å². The van der Waals surface area contributed by atoms with Gasteiger partial charge in [0, 0.05) is 25.9 Å². The van der Waals surface area contributed by atoms with Crippen LogP contribution in [0.2, 0.25) is 0 Å². The number of carbonyl (C=O) groups excluding carboxylic acids is 2. The van der Waals surface area contributed by atoms with Crippen LogP contribution in [0.3, 0.4) is 0 Å². The molecule has 1 aliphatic heterocycles.